The first kappa shape index (κ1) is 18.9. The maximum Gasteiger partial charge on any atom is 0.222 e. The molecule has 0 bridgehead atoms. The lowest BCUT2D eigenvalue weighted by atomic mass is 9.85. The first-order valence-corrected chi connectivity index (χ1v) is 10.1. The number of rotatable bonds is 7. The van der Waals surface area contributed by atoms with Gasteiger partial charge in [-0.3, -0.25) is 9.59 Å². The molecule has 2 heterocycles. The number of hydrogen-bond acceptors (Lipinski definition) is 3. The Labute approximate surface area is 163 Å². The Morgan fingerprint density at radius 3 is 2.65 bits per heavy atom. The third-order valence-electron chi connectivity index (χ3n) is 4.93. The molecule has 1 atom stereocenters. The second-order valence-electron chi connectivity index (χ2n) is 7.01. The Morgan fingerprint density at radius 1 is 1.27 bits per heavy atom. The minimum Gasteiger partial charge on any atom is -0.350 e. The van der Waals surface area contributed by atoms with Gasteiger partial charge in [0.25, 0.3) is 0 Å². The van der Waals surface area contributed by atoms with Crippen molar-refractivity contribution in [2.75, 3.05) is 7.05 Å². The number of halogens is 1. The molecule has 0 saturated carbocycles. The first-order chi connectivity index (χ1) is 12.5. The van der Waals surface area contributed by atoms with Gasteiger partial charge in [-0.2, -0.15) is 11.3 Å². The molecule has 1 saturated heterocycles. The van der Waals surface area contributed by atoms with Gasteiger partial charge < -0.3 is 10.2 Å². The number of carbonyl (C=O) groups is 2. The van der Waals surface area contributed by atoms with E-state index in [-0.39, 0.29) is 17.4 Å². The van der Waals surface area contributed by atoms with E-state index in [4.69, 9.17) is 11.6 Å². The van der Waals surface area contributed by atoms with Gasteiger partial charge in [0.05, 0.1) is 0 Å². The molecule has 1 N–H and O–H groups in total. The number of nitrogens with zero attached hydrogens (tertiary/aromatic N) is 1. The van der Waals surface area contributed by atoms with Gasteiger partial charge in [-0.05, 0) is 59.3 Å². The maximum absolute atomic E-state index is 12.5. The second kappa shape index (κ2) is 8.23. The monoisotopic (exact) mass is 390 g/mol. The van der Waals surface area contributed by atoms with Crippen molar-refractivity contribution in [3.05, 3.63) is 57.2 Å². The van der Waals surface area contributed by atoms with Crippen LogP contribution in [-0.4, -0.2) is 29.3 Å². The summed E-state index contributed by atoms with van der Waals surface area (Å²) >= 11 is 7.60. The molecule has 1 aliphatic heterocycles. The Morgan fingerprint density at radius 2 is 2.04 bits per heavy atom. The van der Waals surface area contributed by atoms with Crippen LogP contribution < -0.4 is 5.32 Å². The number of thiophene rings is 1. The fourth-order valence-corrected chi connectivity index (χ4v) is 4.24. The van der Waals surface area contributed by atoms with E-state index in [1.807, 2.05) is 42.8 Å². The quantitative estimate of drug-likeness (QED) is 0.775. The van der Waals surface area contributed by atoms with Crippen LogP contribution in [0.25, 0.3) is 0 Å². The average molecular weight is 391 g/mol. The molecule has 4 nitrogen and oxygen atoms in total. The van der Waals surface area contributed by atoms with Crippen LogP contribution in [0.1, 0.15) is 36.8 Å². The summed E-state index contributed by atoms with van der Waals surface area (Å²) < 4.78 is 0. The molecule has 0 radical (unpaired) electrons. The van der Waals surface area contributed by atoms with E-state index in [1.165, 1.54) is 0 Å². The third kappa shape index (κ3) is 4.86. The number of benzene rings is 1. The molecule has 6 heteroatoms. The summed E-state index contributed by atoms with van der Waals surface area (Å²) in [5.41, 5.74) is 1.93. The molecule has 0 spiro atoms. The summed E-state index contributed by atoms with van der Waals surface area (Å²) in [5, 5.41) is 7.90. The molecule has 3 rings (SSSR count). The Hall–Kier alpha value is -1.85. The lowest BCUT2D eigenvalue weighted by molar-refractivity contribution is -0.131. The van der Waals surface area contributed by atoms with Gasteiger partial charge in [-0.25, -0.2) is 0 Å². The normalized spacial score (nSPS) is 19.4. The van der Waals surface area contributed by atoms with Gasteiger partial charge in [0.2, 0.25) is 11.8 Å². The highest BCUT2D eigenvalue weighted by Gasteiger charge is 2.38. The molecule has 26 heavy (non-hydrogen) atoms. The summed E-state index contributed by atoms with van der Waals surface area (Å²) in [4.78, 5) is 26.2. The first-order valence-electron chi connectivity index (χ1n) is 8.76. The minimum atomic E-state index is -0.343. The second-order valence-corrected chi connectivity index (χ2v) is 8.23. The molecule has 1 aliphatic rings. The number of carbonyl (C=O) groups excluding carboxylic acids is 2. The lowest BCUT2D eigenvalue weighted by Crippen LogP contribution is -2.44. The number of nitrogens with one attached hydrogen (secondary N) is 1. The van der Waals surface area contributed by atoms with Crippen LogP contribution in [0.3, 0.4) is 0 Å². The fourth-order valence-electron chi connectivity index (χ4n) is 3.46. The molecule has 1 aromatic carbocycles. The van der Waals surface area contributed by atoms with E-state index in [9.17, 15) is 9.59 Å². The summed E-state index contributed by atoms with van der Waals surface area (Å²) in [6.07, 6.45) is 3.07. The number of amides is 2. The zero-order valence-corrected chi connectivity index (χ0v) is 16.4. The van der Waals surface area contributed by atoms with Crippen LogP contribution in [-0.2, 0) is 22.6 Å². The molecule has 0 aliphatic carbocycles. The van der Waals surface area contributed by atoms with Gasteiger partial charge in [0, 0.05) is 37.0 Å². The van der Waals surface area contributed by atoms with Crippen LogP contribution in [0.15, 0.2) is 41.1 Å². The van der Waals surface area contributed by atoms with Gasteiger partial charge in [0.1, 0.15) is 0 Å². The smallest absolute Gasteiger partial charge is 0.222 e. The van der Waals surface area contributed by atoms with E-state index >= 15 is 0 Å². The van der Waals surface area contributed by atoms with Crippen molar-refractivity contribution < 1.29 is 9.59 Å². The topological polar surface area (TPSA) is 49.4 Å². The standard InChI is InChI=1S/C20H23ClN2O2S/c1-23(13-16-8-11-26-14-16)19(25)7-10-20(9-6-18(24)22-20)12-15-2-4-17(21)5-3-15/h2-5,8,11,14H,6-7,9-10,12-13H2,1H3,(H,22,24). The SMILES string of the molecule is CN(Cc1ccsc1)C(=O)CCC1(Cc2ccc(Cl)cc2)CCC(=O)N1. The summed E-state index contributed by atoms with van der Waals surface area (Å²) in [7, 11) is 1.83. The molecule has 2 amide bonds. The third-order valence-corrected chi connectivity index (χ3v) is 5.92. The molecule has 1 aromatic heterocycles. The van der Waals surface area contributed by atoms with Crippen molar-refractivity contribution in [1.82, 2.24) is 10.2 Å². The van der Waals surface area contributed by atoms with E-state index in [0.717, 1.165) is 24.0 Å². The Kier molecular flexibility index (Phi) is 5.99. The largest absolute Gasteiger partial charge is 0.350 e. The van der Waals surface area contributed by atoms with Gasteiger partial charge in [0.15, 0.2) is 0 Å². The summed E-state index contributed by atoms with van der Waals surface area (Å²) in [5.74, 6) is 0.172. The number of hydrogen-bond donors (Lipinski definition) is 1. The Bertz CT molecular complexity index is 761. The fraction of sp³-hybridized carbons (Fsp3) is 0.400. The van der Waals surface area contributed by atoms with E-state index < -0.39 is 0 Å². The van der Waals surface area contributed by atoms with Gasteiger partial charge in [-0.1, -0.05) is 23.7 Å². The van der Waals surface area contributed by atoms with Crippen molar-refractivity contribution in [1.29, 1.82) is 0 Å². The molecular formula is C20H23ClN2O2S. The van der Waals surface area contributed by atoms with Crippen molar-refractivity contribution in [2.45, 2.75) is 44.2 Å². The zero-order chi connectivity index (χ0) is 18.6. The zero-order valence-electron chi connectivity index (χ0n) is 14.8. The van der Waals surface area contributed by atoms with Crippen LogP contribution >= 0.6 is 22.9 Å². The van der Waals surface area contributed by atoms with Crippen molar-refractivity contribution in [3.63, 3.8) is 0 Å². The Balaban J connectivity index is 1.62. The van der Waals surface area contributed by atoms with Gasteiger partial charge in [-0.15, -0.1) is 0 Å². The molecule has 2 aromatic rings. The van der Waals surface area contributed by atoms with Crippen LogP contribution in [0.5, 0.6) is 0 Å². The lowest BCUT2D eigenvalue weighted by Gasteiger charge is -2.30. The highest BCUT2D eigenvalue weighted by atomic mass is 35.5. The minimum absolute atomic E-state index is 0.0676. The highest BCUT2D eigenvalue weighted by molar-refractivity contribution is 7.07. The summed E-state index contributed by atoms with van der Waals surface area (Å²) in [6, 6.07) is 9.73. The van der Waals surface area contributed by atoms with Gasteiger partial charge >= 0.3 is 0 Å². The molecular weight excluding hydrogens is 368 g/mol. The molecule has 1 fully saturated rings. The van der Waals surface area contributed by atoms with Crippen LogP contribution in [0, 0.1) is 0 Å². The molecule has 1 unspecified atom stereocenters. The molecule has 138 valence electrons. The van der Waals surface area contributed by atoms with Crippen molar-refractivity contribution in [3.8, 4) is 0 Å². The predicted molar refractivity (Wildman–Crippen MR) is 105 cm³/mol. The van der Waals surface area contributed by atoms with Crippen molar-refractivity contribution in [2.24, 2.45) is 0 Å². The predicted octanol–water partition coefficient (Wildman–Crippen LogP) is 4.03. The van der Waals surface area contributed by atoms with E-state index in [1.54, 1.807) is 16.2 Å². The highest BCUT2D eigenvalue weighted by Crippen LogP contribution is 2.30. The van der Waals surface area contributed by atoms with E-state index in [0.29, 0.717) is 30.8 Å². The van der Waals surface area contributed by atoms with E-state index in [2.05, 4.69) is 10.7 Å². The van der Waals surface area contributed by atoms with Crippen molar-refractivity contribution >= 4 is 34.8 Å². The van der Waals surface area contributed by atoms with Crippen LogP contribution in [0.2, 0.25) is 5.02 Å². The maximum atomic E-state index is 12.5. The van der Waals surface area contributed by atoms with Crippen LogP contribution in [0.4, 0.5) is 0 Å². The average Bonchev–Trinajstić information content (AvgIpc) is 3.25. The summed E-state index contributed by atoms with van der Waals surface area (Å²) in [6.45, 7) is 0.624.